The van der Waals surface area contributed by atoms with E-state index >= 15 is 0 Å². The molecule has 0 aliphatic heterocycles. The van der Waals surface area contributed by atoms with Crippen LogP contribution < -0.4 is 5.32 Å². The first-order chi connectivity index (χ1) is 14.4. The van der Waals surface area contributed by atoms with Gasteiger partial charge in [-0.2, -0.15) is 0 Å². The zero-order valence-electron chi connectivity index (χ0n) is 16.4. The van der Waals surface area contributed by atoms with Gasteiger partial charge in [0.15, 0.2) is 4.96 Å². The largest absolute Gasteiger partial charge is 0.343 e. The smallest absolute Gasteiger partial charge is 0.271 e. The fourth-order valence-electron chi connectivity index (χ4n) is 3.02. The van der Waals surface area contributed by atoms with Crippen LogP contribution in [0.4, 0.5) is 5.69 Å². The third kappa shape index (κ3) is 4.22. The summed E-state index contributed by atoms with van der Waals surface area (Å²) in [7, 11) is 3.45. The summed E-state index contributed by atoms with van der Waals surface area (Å²) in [6.07, 6.45) is 2.13. The van der Waals surface area contributed by atoms with E-state index in [0.29, 0.717) is 16.4 Å². The summed E-state index contributed by atoms with van der Waals surface area (Å²) < 4.78 is 1.81. The molecular weight excluding hydrogens is 420 g/mol. The fraction of sp³-hybridized carbons (Fsp3) is 0.136. The number of nitrogens with zero attached hydrogens (tertiary/aromatic N) is 3. The maximum atomic E-state index is 12.3. The van der Waals surface area contributed by atoms with Crippen molar-refractivity contribution in [3.8, 4) is 11.3 Å². The standard InChI is InChI=1S/C22H19ClN4O2S/c1-26(2)21(29)19-13-30-22-25-18(12-27(19)22)15-5-9-17(10-6-15)24-20(28)11-14-3-7-16(23)8-4-14/h3-10,12-13H,11H2,1-2H3,(H,24,28). The van der Waals surface area contributed by atoms with Gasteiger partial charge in [-0.1, -0.05) is 35.9 Å². The van der Waals surface area contributed by atoms with Crippen LogP contribution in [0.5, 0.6) is 0 Å². The molecule has 0 aliphatic rings. The van der Waals surface area contributed by atoms with Gasteiger partial charge in [0, 0.05) is 41.9 Å². The van der Waals surface area contributed by atoms with Crippen LogP contribution >= 0.6 is 22.9 Å². The average molecular weight is 439 g/mol. The Labute approximate surface area is 182 Å². The topological polar surface area (TPSA) is 66.7 Å². The first kappa shape index (κ1) is 20.1. The van der Waals surface area contributed by atoms with Crippen molar-refractivity contribution < 1.29 is 9.59 Å². The van der Waals surface area contributed by atoms with Gasteiger partial charge in [0.05, 0.1) is 12.1 Å². The van der Waals surface area contributed by atoms with Gasteiger partial charge in [-0.15, -0.1) is 11.3 Å². The number of fused-ring (bicyclic) bond motifs is 1. The number of nitrogens with one attached hydrogen (secondary N) is 1. The third-order valence-corrected chi connectivity index (χ3v) is 5.67. The molecule has 0 aliphatic carbocycles. The lowest BCUT2D eigenvalue weighted by Gasteiger charge is -2.08. The zero-order chi connectivity index (χ0) is 21.3. The summed E-state index contributed by atoms with van der Waals surface area (Å²) in [5.41, 5.74) is 3.88. The highest BCUT2D eigenvalue weighted by molar-refractivity contribution is 7.15. The number of thiazole rings is 1. The van der Waals surface area contributed by atoms with Crippen LogP contribution in [0, 0.1) is 0 Å². The maximum Gasteiger partial charge on any atom is 0.271 e. The highest BCUT2D eigenvalue weighted by Crippen LogP contribution is 2.25. The van der Waals surface area contributed by atoms with E-state index in [1.807, 2.05) is 52.4 Å². The molecule has 4 rings (SSSR count). The molecule has 2 heterocycles. The van der Waals surface area contributed by atoms with Gasteiger partial charge in [-0.3, -0.25) is 14.0 Å². The molecule has 2 aromatic carbocycles. The summed E-state index contributed by atoms with van der Waals surface area (Å²) in [4.78, 5) is 31.5. The van der Waals surface area contributed by atoms with E-state index in [1.165, 1.54) is 11.3 Å². The molecular formula is C22H19ClN4O2S. The molecule has 30 heavy (non-hydrogen) atoms. The highest BCUT2D eigenvalue weighted by Gasteiger charge is 2.16. The summed E-state index contributed by atoms with van der Waals surface area (Å²) in [5.74, 6) is -0.164. The van der Waals surface area contributed by atoms with Crippen LogP contribution in [0.3, 0.4) is 0 Å². The van der Waals surface area contributed by atoms with Crippen LogP contribution in [-0.2, 0) is 11.2 Å². The molecule has 6 nitrogen and oxygen atoms in total. The molecule has 0 unspecified atom stereocenters. The van der Waals surface area contributed by atoms with E-state index < -0.39 is 0 Å². The fourth-order valence-corrected chi connectivity index (χ4v) is 4.00. The zero-order valence-corrected chi connectivity index (χ0v) is 18.0. The van der Waals surface area contributed by atoms with E-state index in [2.05, 4.69) is 10.3 Å². The second-order valence-corrected chi connectivity index (χ2v) is 8.30. The number of aromatic nitrogens is 2. The van der Waals surface area contributed by atoms with E-state index in [-0.39, 0.29) is 18.2 Å². The number of hydrogen-bond acceptors (Lipinski definition) is 4. The van der Waals surface area contributed by atoms with Crippen molar-refractivity contribution >= 4 is 45.4 Å². The van der Waals surface area contributed by atoms with Gasteiger partial charge in [0.2, 0.25) is 5.91 Å². The molecule has 2 aromatic heterocycles. The Balaban J connectivity index is 1.47. The predicted molar refractivity (Wildman–Crippen MR) is 120 cm³/mol. The number of imidazole rings is 1. The van der Waals surface area contributed by atoms with E-state index in [9.17, 15) is 9.59 Å². The maximum absolute atomic E-state index is 12.3. The first-order valence-corrected chi connectivity index (χ1v) is 10.5. The predicted octanol–water partition coefficient (Wildman–Crippen LogP) is 4.60. The molecule has 0 bridgehead atoms. The van der Waals surface area contributed by atoms with Crippen LogP contribution in [0.15, 0.2) is 60.1 Å². The van der Waals surface area contributed by atoms with Gasteiger partial charge in [0.25, 0.3) is 5.91 Å². The number of rotatable bonds is 5. The van der Waals surface area contributed by atoms with Gasteiger partial charge >= 0.3 is 0 Å². The number of anilines is 1. The van der Waals surface area contributed by atoms with Crippen molar-refractivity contribution in [1.82, 2.24) is 14.3 Å². The molecule has 0 saturated heterocycles. The lowest BCUT2D eigenvalue weighted by Crippen LogP contribution is -2.22. The average Bonchev–Trinajstić information content (AvgIpc) is 3.30. The van der Waals surface area contributed by atoms with Crippen LogP contribution in [-0.4, -0.2) is 40.2 Å². The monoisotopic (exact) mass is 438 g/mol. The molecule has 0 fully saturated rings. The Morgan fingerprint density at radius 1 is 1.10 bits per heavy atom. The minimum Gasteiger partial charge on any atom is -0.343 e. The van der Waals surface area contributed by atoms with Gasteiger partial charge in [0.1, 0.15) is 5.69 Å². The Bertz CT molecular complexity index is 1210. The van der Waals surface area contributed by atoms with Crippen molar-refractivity contribution in [3.63, 3.8) is 0 Å². The molecule has 0 radical (unpaired) electrons. The number of carbonyl (C=O) groups is 2. The number of amides is 2. The molecule has 0 saturated carbocycles. The third-order valence-electron chi connectivity index (χ3n) is 4.58. The number of hydrogen-bond donors (Lipinski definition) is 1. The van der Waals surface area contributed by atoms with E-state index in [0.717, 1.165) is 21.8 Å². The quantitative estimate of drug-likeness (QED) is 0.495. The Morgan fingerprint density at radius 3 is 2.47 bits per heavy atom. The summed E-state index contributed by atoms with van der Waals surface area (Å²) in [6.45, 7) is 0. The van der Waals surface area contributed by atoms with Gasteiger partial charge in [-0.25, -0.2) is 4.98 Å². The molecule has 0 atom stereocenters. The normalized spacial score (nSPS) is 10.9. The highest BCUT2D eigenvalue weighted by atomic mass is 35.5. The van der Waals surface area contributed by atoms with E-state index in [4.69, 9.17) is 11.6 Å². The Morgan fingerprint density at radius 2 is 1.80 bits per heavy atom. The molecule has 2 amide bonds. The molecule has 1 N–H and O–H groups in total. The van der Waals surface area contributed by atoms with Crippen molar-refractivity contribution in [3.05, 3.63) is 76.4 Å². The molecule has 4 aromatic rings. The summed E-state index contributed by atoms with van der Waals surface area (Å²) in [6, 6.07) is 14.7. The minimum absolute atomic E-state index is 0.0658. The summed E-state index contributed by atoms with van der Waals surface area (Å²) >= 11 is 7.30. The van der Waals surface area contributed by atoms with Crippen molar-refractivity contribution in [2.24, 2.45) is 0 Å². The number of carbonyl (C=O) groups excluding carboxylic acids is 2. The van der Waals surface area contributed by atoms with Crippen LogP contribution in [0.1, 0.15) is 16.1 Å². The van der Waals surface area contributed by atoms with Crippen molar-refractivity contribution in [2.45, 2.75) is 6.42 Å². The number of halogens is 1. The van der Waals surface area contributed by atoms with Crippen molar-refractivity contribution in [1.29, 1.82) is 0 Å². The lowest BCUT2D eigenvalue weighted by molar-refractivity contribution is -0.115. The van der Waals surface area contributed by atoms with Crippen LogP contribution in [0.2, 0.25) is 5.02 Å². The van der Waals surface area contributed by atoms with Gasteiger partial charge < -0.3 is 10.2 Å². The van der Waals surface area contributed by atoms with E-state index in [1.54, 1.807) is 31.1 Å². The van der Waals surface area contributed by atoms with Crippen LogP contribution in [0.25, 0.3) is 16.2 Å². The number of benzene rings is 2. The Kier molecular flexibility index (Phi) is 5.57. The first-order valence-electron chi connectivity index (χ1n) is 9.23. The Hall–Kier alpha value is -3.16. The second kappa shape index (κ2) is 8.30. The van der Waals surface area contributed by atoms with Crippen molar-refractivity contribution in [2.75, 3.05) is 19.4 Å². The molecule has 0 spiro atoms. The summed E-state index contributed by atoms with van der Waals surface area (Å²) in [5, 5.41) is 5.35. The second-order valence-electron chi connectivity index (χ2n) is 7.03. The molecule has 8 heteroatoms. The van der Waals surface area contributed by atoms with Gasteiger partial charge in [-0.05, 0) is 29.8 Å². The minimum atomic E-state index is -0.0978. The SMILES string of the molecule is CN(C)C(=O)c1csc2nc(-c3ccc(NC(=O)Cc4ccc(Cl)cc4)cc3)cn12. The molecule has 152 valence electrons. The lowest BCUT2D eigenvalue weighted by atomic mass is 10.1.